The first-order valence-corrected chi connectivity index (χ1v) is 10.3. The van der Waals surface area contributed by atoms with Crippen molar-refractivity contribution < 1.29 is 23.8 Å². The molecular formula is C23H37NO5. The van der Waals surface area contributed by atoms with E-state index >= 15 is 0 Å². The summed E-state index contributed by atoms with van der Waals surface area (Å²) in [5.41, 5.74) is 0.647. The molecule has 1 N–H and O–H groups in total. The molecule has 0 aliphatic heterocycles. The minimum atomic E-state index is -0.809. The molecule has 1 amide bonds. The van der Waals surface area contributed by atoms with E-state index in [-0.39, 0.29) is 12.0 Å². The number of nitrogens with one attached hydrogen (secondary N) is 1. The van der Waals surface area contributed by atoms with Gasteiger partial charge in [-0.15, -0.1) is 0 Å². The number of hydrogen-bond acceptors (Lipinski definition) is 5. The lowest BCUT2D eigenvalue weighted by Crippen LogP contribution is -2.45. The van der Waals surface area contributed by atoms with Gasteiger partial charge < -0.3 is 19.5 Å². The summed E-state index contributed by atoms with van der Waals surface area (Å²) in [7, 11) is 0. The molecule has 29 heavy (non-hydrogen) atoms. The predicted octanol–water partition coefficient (Wildman–Crippen LogP) is 4.51. The summed E-state index contributed by atoms with van der Waals surface area (Å²) in [5.74, 6) is -0.425. The van der Waals surface area contributed by atoms with Crippen LogP contribution in [0.5, 0.6) is 0 Å². The third-order valence-electron chi connectivity index (χ3n) is 4.29. The topological polar surface area (TPSA) is 73.9 Å². The van der Waals surface area contributed by atoms with Crippen LogP contribution >= 0.6 is 0 Å². The zero-order valence-corrected chi connectivity index (χ0v) is 18.9. The molecule has 0 radical (unpaired) electrons. The number of amides is 1. The van der Waals surface area contributed by atoms with Crippen molar-refractivity contribution >= 4 is 12.1 Å². The SMILES string of the molecule is CC(C)[C@@H](OC(=O)[C@H](C)NC(=O)OC(C)(C)C)[C@H](C)OCCCc1ccccc1. The highest BCUT2D eigenvalue weighted by Crippen LogP contribution is 2.16. The van der Waals surface area contributed by atoms with Crippen LogP contribution < -0.4 is 5.32 Å². The maximum atomic E-state index is 12.4. The van der Waals surface area contributed by atoms with Gasteiger partial charge in [-0.1, -0.05) is 44.2 Å². The lowest BCUT2D eigenvalue weighted by Gasteiger charge is -2.29. The molecule has 0 aromatic heterocycles. The van der Waals surface area contributed by atoms with Crippen LogP contribution in [0.4, 0.5) is 4.79 Å². The number of rotatable bonds is 10. The molecule has 0 aliphatic carbocycles. The van der Waals surface area contributed by atoms with Crippen molar-refractivity contribution in [3.63, 3.8) is 0 Å². The molecule has 0 bridgehead atoms. The maximum absolute atomic E-state index is 12.4. The van der Waals surface area contributed by atoms with Crippen LogP contribution in [0, 0.1) is 5.92 Å². The van der Waals surface area contributed by atoms with Crippen molar-refractivity contribution in [2.45, 2.75) is 85.2 Å². The molecule has 3 atom stereocenters. The number of alkyl carbamates (subject to hydrolysis) is 1. The van der Waals surface area contributed by atoms with E-state index in [9.17, 15) is 9.59 Å². The smallest absolute Gasteiger partial charge is 0.408 e. The molecule has 6 heteroatoms. The van der Waals surface area contributed by atoms with Gasteiger partial charge in [0, 0.05) is 6.61 Å². The van der Waals surface area contributed by atoms with Gasteiger partial charge in [0.05, 0.1) is 6.10 Å². The van der Waals surface area contributed by atoms with Crippen LogP contribution in [0.3, 0.4) is 0 Å². The fraction of sp³-hybridized carbons (Fsp3) is 0.652. The van der Waals surface area contributed by atoms with Crippen LogP contribution in [0.1, 0.15) is 60.5 Å². The summed E-state index contributed by atoms with van der Waals surface area (Å²) in [6, 6.07) is 9.44. The Morgan fingerprint density at radius 3 is 2.21 bits per heavy atom. The Bertz CT molecular complexity index is 624. The van der Waals surface area contributed by atoms with E-state index in [0.29, 0.717) is 6.61 Å². The van der Waals surface area contributed by atoms with E-state index in [2.05, 4.69) is 17.4 Å². The van der Waals surface area contributed by atoms with Crippen molar-refractivity contribution in [1.82, 2.24) is 5.32 Å². The summed E-state index contributed by atoms with van der Waals surface area (Å²) in [4.78, 5) is 24.3. The van der Waals surface area contributed by atoms with Gasteiger partial charge in [-0.3, -0.25) is 0 Å². The monoisotopic (exact) mass is 407 g/mol. The lowest BCUT2D eigenvalue weighted by molar-refractivity contribution is -0.162. The first-order chi connectivity index (χ1) is 13.5. The molecule has 0 fully saturated rings. The molecular weight excluding hydrogens is 370 g/mol. The molecule has 0 heterocycles. The van der Waals surface area contributed by atoms with Gasteiger partial charge in [0.15, 0.2) is 0 Å². The van der Waals surface area contributed by atoms with Gasteiger partial charge in [-0.05, 0) is 58.9 Å². The zero-order chi connectivity index (χ0) is 22.0. The quantitative estimate of drug-likeness (QED) is 0.456. The zero-order valence-electron chi connectivity index (χ0n) is 18.9. The molecule has 6 nitrogen and oxygen atoms in total. The van der Waals surface area contributed by atoms with E-state index in [1.54, 1.807) is 27.7 Å². The second kappa shape index (κ2) is 11.8. The average Bonchev–Trinajstić information content (AvgIpc) is 2.61. The summed E-state index contributed by atoms with van der Waals surface area (Å²) < 4.78 is 16.8. The van der Waals surface area contributed by atoms with Gasteiger partial charge in [-0.25, -0.2) is 9.59 Å². The Morgan fingerprint density at radius 2 is 1.66 bits per heavy atom. The van der Waals surface area contributed by atoms with Gasteiger partial charge in [0.2, 0.25) is 0 Å². The van der Waals surface area contributed by atoms with Crippen LogP contribution in [0.25, 0.3) is 0 Å². The van der Waals surface area contributed by atoms with E-state index in [0.717, 1.165) is 12.8 Å². The highest BCUT2D eigenvalue weighted by molar-refractivity contribution is 5.81. The van der Waals surface area contributed by atoms with E-state index in [4.69, 9.17) is 14.2 Å². The number of esters is 1. The Morgan fingerprint density at radius 1 is 1.03 bits per heavy atom. The predicted molar refractivity (Wildman–Crippen MR) is 114 cm³/mol. The molecule has 1 aromatic carbocycles. The van der Waals surface area contributed by atoms with Crippen LogP contribution in [-0.2, 0) is 25.4 Å². The molecule has 0 unspecified atom stereocenters. The normalized spacial score (nSPS) is 14.8. The fourth-order valence-corrected chi connectivity index (χ4v) is 2.84. The number of aryl methyl sites for hydroxylation is 1. The van der Waals surface area contributed by atoms with Crippen molar-refractivity contribution in [2.75, 3.05) is 6.61 Å². The van der Waals surface area contributed by atoms with Crippen LogP contribution in [0.15, 0.2) is 30.3 Å². The number of ether oxygens (including phenoxy) is 3. The van der Waals surface area contributed by atoms with Crippen molar-refractivity contribution in [3.05, 3.63) is 35.9 Å². The number of hydrogen-bond donors (Lipinski definition) is 1. The van der Waals surface area contributed by atoms with Crippen LogP contribution in [0.2, 0.25) is 0 Å². The summed E-state index contributed by atoms with van der Waals surface area (Å²) in [6.45, 7) is 13.3. The minimum absolute atomic E-state index is 0.0804. The van der Waals surface area contributed by atoms with Gasteiger partial charge >= 0.3 is 12.1 Å². The summed E-state index contributed by atoms with van der Waals surface area (Å²) in [5, 5.41) is 2.51. The second-order valence-corrected chi connectivity index (χ2v) is 8.68. The Kier molecular flexibility index (Phi) is 10.2. The maximum Gasteiger partial charge on any atom is 0.408 e. The standard InChI is InChI=1S/C23H37NO5/c1-16(2)20(18(4)27-15-11-14-19-12-9-8-10-13-19)28-21(25)17(3)24-22(26)29-23(5,6)7/h8-10,12-13,16-18,20H,11,14-15H2,1-7H3,(H,24,26)/t17-,18-,20+/m0/s1. The first-order valence-electron chi connectivity index (χ1n) is 10.3. The Balaban J connectivity index is 2.47. The van der Waals surface area contributed by atoms with Crippen LogP contribution in [-0.4, -0.2) is 42.5 Å². The second-order valence-electron chi connectivity index (χ2n) is 8.68. The number of carbonyl (C=O) groups is 2. The molecule has 0 aliphatic rings. The minimum Gasteiger partial charge on any atom is -0.458 e. The molecule has 0 spiro atoms. The summed E-state index contributed by atoms with van der Waals surface area (Å²) in [6.07, 6.45) is 0.541. The van der Waals surface area contributed by atoms with Crippen molar-refractivity contribution in [2.24, 2.45) is 5.92 Å². The third-order valence-corrected chi connectivity index (χ3v) is 4.29. The van der Waals surface area contributed by atoms with Gasteiger partial charge in [-0.2, -0.15) is 0 Å². The molecule has 1 aromatic rings. The Labute approximate surface area is 175 Å². The number of benzene rings is 1. The average molecular weight is 408 g/mol. The summed E-state index contributed by atoms with van der Waals surface area (Å²) >= 11 is 0. The third kappa shape index (κ3) is 10.3. The van der Waals surface area contributed by atoms with Crippen molar-refractivity contribution in [1.29, 1.82) is 0 Å². The van der Waals surface area contributed by atoms with Gasteiger partial charge in [0.1, 0.15) is 17.7 Å². The largest absolute Gasteiger partial charge is 0.458 e. The highest BCUT2D eigenvalue weighted by Gasteiger charge is 2.29. The van der Waals surface area contributed by atoms with E-state index in [1.165, 1.54) is 5.56 Å². The first kappa shape index (κ1) is 25.0. The molecule has 0 saturated carbocycles. The number of carbonyl (C=O) groups excluding carboxylic acids is 2. The van der Waals surface area contributed by atoms with Crippen molar-refractivity contribution in [3.8, 4) is 0 Å². The lowest BCUT2D eigenvalue weighted by atomic mass is 10.0. The highest BCUT2D eigenvalue weighted by atomic mass is 16.6. The van der Waals surface area contributed by atoms with E-state index < -0.39 is 29.8 Å². The molecule has 1 rings (SSSR count). The Hall–Kier alpha value is -2.08. The van der Waals surface area contributed by atoms with Gasteiger partial charge in [0.25, 0.3) is 0 Å². The molecule has 0 saturated heterocycles. The fourth-order valence-electron chi connectivity index (χ4n) is 2.84. The molecule has 164 valence electrons. The van der Waals surface area contributed by atoms with E-state index in [1.807, 2.05) is 39.0 Å².